The third-order valence-electron chi connectivity index (χ3n) is 5.12. The summed E-state index contributed by atoms with van der Waals surface area (Å²) in [5, 5.41) is 3.13. The minimum absolute atomic E-state index is 0.0712. The molecule has 0 bridgehead atoms. The van der Waals surface area contributed by atoms with Gasteiger partial charge in [-0.15, -0.1) is 0 Å². The smallest absolute Gasteiger partial charge is 0.410 e. The molecule has 1 saturated heterocycles. The van der Waals surface area contributed by atoms with Crippen molar-refractivity contribution in [3.05, 3.63) is 29.7 Å². The predicted octanol–water partition coefficient (Wildman–Crippen LogP) is 0.779. The molecule has 162 valence electrons. The van der Waals surface area contributed by atoms with Gasteiger partial charge in [0.05, 0.1) is 58.5 Å². The van der Waals surface area contributed by atoms with Crippen LogP contribution in [0.25, 0.3) is 10.9 Å². The molecule has 9 nitrogen and oxygen atoms in total. The monoisotopic (exact) mass is 421 g/mol. The van der Waals surface area contributed by atoms with Crippen molar-refractivity contribution in [1.29, 1.82) is 0 Å². The van der Waals surface area contributed by atoms with Crippen LogP contribution in [0.3, 0.4) is 0 Å². The van der Waals surface area contributed by atoms with Crippen molar-refractivity contribution in [1.82, 2.24) is 9.88 Å². The SMILES string of the molecule is CCOC(=O)N1CC[NH+](CCC(=O)Nc2c(C(=O)OC)[nH]c3ccc(F)cc23)CC1. The second kappa shape index (κ2) is 9.57. The van der Waals surface area contributed by atoms with Crippen molar-refractivity contribution in [3.8, 4) is 0 Å². The van der Waals surface area contributed by atoms with E-state index in [0.29, 0.717) is 37.1 Å². The number of carbonyl (C=O) groups is 3. The number of H-pyrrole nitrogens is 1. The van der Waals surface area contributed by atoms with Gasteiger partial charge in [0.15, 0.2) is 0 Å². The molecule has 0 atom stereocenters. The maximum Gasteiger partial charge on any atom is 0.410 e. The van der Waals surface area contributed by atoms with Gasteiger partial charge in [-0.05, 0) is 25.1 Å². The summed E-state index contributed by atoms with van der Waals surface area (Å²) in [6, 6.07) is 4.03. The lowest BCUT2D eigenvalue weighted by atomic mass is 10.2. The first-order chi connectivity index (χ1) is 14.4. The van der Waals surface area contributed by atoms with Crippen LogP contribution in [0.2, 0.25) is 0 Å². The fourth-order valence-electron chi connectivity index (χ4n) is 3.51. The lowest BCUT2D eigenvalue weighted by molar-refractivity contribution is -0.903. The molecule has 0 unspecified atom stereocenters. The molecule has 0 spiro atoms. The molecular weight excluding hydrogens is 395 g/mol. The normalized spacial score (nSPS) is 14.6. The molecule has 2 amide bonds. The molecule has 1 aromatic heterocycles. The summed E-state index contributed by atoms with van der Waals surface area (Å²) >= 11 is 0. The molecule has 0 saturated carbocycles. The zero-order valence-electron chi connectivity index (χ0n) is 17.0. The number of aromatic nitrogens is 1. The van der Waals surface area contributed by atoms with E-state index in [9.17, 15) is 18.8 Å². The van der Waals surface area contributed by atoms with E-state index in [1.54, 1.807) is 11.8 Å². The molecule has 10 heteroatoms. The van der Waals surface area contributed by atoms with Crippen LogP contribution in [0.15, 0.2) is 18.2 Å². The van der Waals surface area contributed by atoms with Gasteiger partial charge in [-0.2, -0.15) is 0 Å². The molecule has 1 fully saturated rings. The highest BCUT2D eigenvalue weighted by molar-refractivity contribution is 6.10. The number of hydrogen-bond acceptors (Lipinski definition) is 5. The molecule has 3 N–H and O–H groups in total. The van der Waals surface area contributed by atoms with Crippen LogP contribution < -0.4 is 10.2 Å². The topological polar surface area (TPSA) is 105 Å². The second-order valence-electron chi connectivity index (χ2n) is 7.04. The molecule has 30 heavy (non-hydrogen) atoms. The van der Waals surface area contributed by atoms with Gasteiger partial charge in [-0.1, -0.05) is 0 Å². The minimum Gasteiger partial charge on any atom is -0.464 e. The van der Waals surface area contributed by atoms with Gasteiger partial charge in [0.1, 0.15) is 11.5 Å². The average molecular weight is 421 g/mol. The molecule has 1 aromatic carbocycles. The summed E-state index contributed by atoms with van der Waals surface area (Å²) in [5.41, 5.74) is 0.804. The first-order valence-electron chi connectivity index (χ1n) is 9.87. The number of carbonyl (C=O) groups excluding carboxylic acids is 3. The molecule has 0 aliphatic carbocycles. The number of esters is 1. The molecule has 0 radical (unpaired) electrons. The van der Waals surface area contributed by atoms with Crippen LogP contribution in [0, 0.1) is 5.82 Å². The number of halogens is 1. The number of anilines is 1. The number of amides is 2. The number of aromatic amines is 1. The standard InChI is InChI=1S/C20H25FN4O5/c1-3-30-20(28)25-10-8-24(9-11-25)7-6-16(26)23-17-14-12-13(21)4-5-15(14)22-18(17)19(27)29-2/h4-5,12,22H,3,6-11H2,1-2H3,(H,23,26)/p+1. The van der Waals surface area contributed by atoms with Crippen molar-refractivity contribution >= 4 is 34.6 Å². The van der Waals surface area contributed by atoms with Crippen LogP contribution in [0.5, 0.6) is 0 Å². The highest BCUT2D eigenvalue weighted by atomic mass is 19.1. The number of fused-ring (bicyclic) bond motifs is 1. The van der Waals surface area contributed by atoms with Crippen molar-refractivity contribution < 1.29 is 33.1 Å². The number of nitrogens with zero attached hydrogens (tertiary/aromatic N) is 1. The van der Waals surface area contributed by atoms with E-state index < -0.39 is 11.8 Å². The first-order valence-corrected chi connectivity index (χ1v) is 9.87. The molecule has 3 rings (SSSR count). The zero-order chi connectivity index (χ0) is 21.7. The van der Waals surface area contributed by atoms with E-state index in [-0.39, 0.29) is 29.8 Å². The number of rotatable bonds is 6. The number of piperazine rings is 1. The fraction of sp³-hybridized carbons (Fsp3) is 0.450. The van der Waals surface area contributed by atoms with Gasteiger partial charge < -0.3 is 24.7 Å². The van der Waals surface area contributed by atoms with Crippen molar-refractivity contribution in [2.75, 3.05) is 51.8 Å². The Morgan fingerprint density at radius 1 is 1.27 bits per heavy atom. The zero-order valence-corrected chi connectivity index (χ0v) is 17.0. The Hall–Kier alpha value is -3.14. The summed E-state index contributed by atoms with van der Waals surface area (Å²) in [4.78, 5) is 42.1. The Morgan fingerprint density at radius 3 is 2.67 bits per heavy atom. The predicted molar refractivity (Wildman–Crippen MR) is 107 cm³/mol. The molecule has 1 aliphatic heterocycles. The van der Waals surface area contributed by atoms with Crippen molar-refractivity contribution in [2.45, 2.75) is 13.3 Å². The summed E-state index contributed by atoms with van der Waals surface area (Å²) in [5.74, 6) is -1.41. The van der Waals surface area contributed by atoms with E-state index in [1.165, 1.54) is 30.2 Å². The summed E-state index contributed by atoms with van der Waals surface area (Å²) in [6.45, 7) is 5.28. The van der Waals surface area contributed by atoms with Gasteiger partial charge in [-0.25, -0.2) is 14.0 Å². The van der Waals surface area contributed by atoms with Gasteiger partial charge in [0.25, 0.3) is 0 Å². The van der Waals surface area contributed by atoms with Crippen LogP contribution in [-0.2, 0) is 14.3 Å². The number of methoxy groups -OCH3 is 1. The van der Waals surface area contributed by atoms with Gasteiger partial charge in [0, 0.05) is 10.9 Å². The van der Waals surface area contributed by atoms with E-state index in [2.05, 4.69) is 10.3 Å². The lowest BCUT2D eigenvalue weighted by Crippen LogP contribution is -3.15. The van der Waals surface area contributed by atoms with E-state index in [4.69, 9.17) is 9.47 Å². The highest BCUT2D eigenvalue weighted by Crippen LogP contribution is 2.29. The van der Waals surface area contributed by atoms with Crippen molar-refractivity contribution in [3.63, 3.8) is 0 Å². The summed E-state index contributed by atoms with van der Waals surface area (Å²) in [7, 11) is 1.24. The first kappa shape index (κ1) is 21.6. The van der Waals surface area contributed by atoms with Crippen LogP contribution in [0.1, 0.15) is 23.8 Å². The Kier molecular flexibility index (Phi) is 6.88. The van der Waals surface area contributed by atoms with Crippen LogP contribution in [-0.4, -0.2) is 74.3 Å². The largest absolute Gasteiger partial charge is 0.464 e. The van der Waals surface area contributed by atoms with Gasteiger partial charge in [-0.3, -0.25) is 9.69 Å². The number of quaternary nitrogens is 1. The van der Waals surface area contributed by atoms with E-state index >= 15 is 0 Å². The molecule has 2 heterocycles. The van der Waals surface area contributed by atoms with E-state index in [1.807, 2.05) is 0 Å². The Balaban J connectivity index is 1.60. The van der Waals surface area contributed by atoms with Crippen LogP contribution in [0.4, 0.5) is 14.9 Å². The summed E-state index contributed by atoms with van der Waals surface area (Å²) in [6.07, 6.45) is -0.0895. The summed E-state index contributed by atoms with van der Waals surface area (Å²) < 4.78 is 23.5. The van der Waals surface area contributed by atoms with Gasteiger partial charge >= 0.3 is 12.1 Å². The fourth-order valence-corrected chi connectivity index (χ4v) is 3.51. The van der Waals surface area contributed by atoms with Crippen molar-refractivity contribution in [2.24, 2.45) is 0 Å². The molecule has 2 aromatic rings. The minimum atomic E-state index is -0.650. The number of hydrogen-bond donors (Lipinski definition) is 3. The second-order valence-corrected chi connectivity index (χ2v) is 7.04. The number of ether oxygens (including phenoxy) is 2. The Labute approximate surface area is 173 Å². The van der Waals surface area contributed by atoms with E-state index in [0.717, 1.165) is 13.1 Å². The highest BCUT2D eigenvalue weighted by Gasteiger charge is 2.25. The average Bonchev–Trinajstić information content (AvgIpc) is 3.09. The molecule has 1 aliphatic rings. The molecular formula is C20H26FN4O5+. The Morgan fingerprint density at radius 2 is 2.00 bits per heavy atom. The third kappa shape index (κ3) is 4.88. The third-order valence-corrected chi connectivity index (χ3v) is 5.12. The maximum absolute atomic E-state index is 13.7. The maximum atomic E-state index is 13.7. The van der Waals surface area contributed by atoms with Crippen LogP contribution >= 0.6 is 0 Å². The Bertz CT molecular complexity index is 937. The number of nitrogens with one attached hydrogen (secondary N) is 3. The lowest BCUT2D eigenvalue weighted by Gasteiger charge is -2.31. The number of benzene rings is 1. The van der Waals surface area contributed by atoms with Gasteiger partial charge in [0.2, 0.25) is 5.91 Å². The quantitative estimate of drug-likeness (QED) is 0.598.